The summed E-state index contributed by atoms with van der Waals surface area (Å²) in [5.74, 6) is 1.12. The molecule has 0 aromatic heterocycles. The number of benzene rings is 2. The molecule has 170 valence electrons. The van der Waals surface area contributed by atoms with Crippen LogP contribution in [-0.4, -0.2) is 42.6 Å². The fourth-order valence-electron chi connectivity index (χ4n) is 5.23. The maximum Gasteiger partial charge on any atom is 0.253 e. The van der Waals surface area contributed by atoms with E-state index in [9.17, 15) is 4.79 Å². The quantitative estimate of drug-likeness (QED) is 0.700. The summed E-state index contributed by atoms with van der Waals surface area (Å²) in [4.78, 5) is 14.7. The van der Waals surface area contributed by atoms with Crippen LogP contribution in [0.25, 0.3) is 5.57 Å². The molecule has 0 bridgehead atoms. The molecule has 1 spiro atoms. The zero-order valence-electron chi connectivity index (χ0n) is 20.4. The van der Waals surface area contributed by atoms with Crippen LogP contribution in [0.3, 0.4) is 0 Å². The number of rotatable bonds is 4. The summed E-state index contributed by atoms with van der Waals surface area (Å²) in [7, 11) is 0. The second-order valence-electron chi connectivity index (χ2n) is 9.22. The van der Waals surface area contributed by atoms with Crippen LogP contribution in [-0.2, 0) is 0 Å². The Kier molecular flexibility index (Phi) is 6.17. The van der Waals surface area contributed by atoms with Crippen molar-refractivity contribution in [3.8, 4) is 5.75 Å². The number of carbonyl (C=O) groups is 1. The second kappa shape index (κ2) is 8.74. The van der Waals surface area contributed by atoms with Gasteiger partial charge in [0.1, 0.15) is 11.4 Å². The Labute approximate surface area is 192 Å². The molecule has 32 heavy (non-hydrogen) atoms. The lowest BCUT2D eigenvalue weighted by molar-refractivity contribution is 0.0687. The fourth-order valence-corrected chi connectivity index (χ4v) is 5.23. The lowest BCUT2D eigenvalue weighted by Crippen LogP contribution is -2.49. The van der Waals surface area contributed by atoms with Gasteiger partial charge in [0, 0.05) is 37.1 Å². The molecule has 2 aromatic carbocycles. The molecule has 1 N–H and O–H groups in total. The van der Waals surface area contributed by atoms with Crippen LogP contribution in [0.1, 0.15) is 71.8 Å². The average Bonchev–Trinajstić information content (AvgIpc) is 2.81. The molecule has 0 unspecified atom stereocenters. The number of nitrogens with one attached hydrogen (secondary N) is 1. The first kappa shape index (κ1) is 22.6. The molecule has 4 heteroatoms. The van der Waals surface area contributed by atoms with Crippen LogP contribution >= 0.6 is 0 Å². The van der Waals surface area contributed by atoms with Crippen LogP contribution in [0.5, 0.6) is 5.75 Å². The molecular formula is C28H36N2O2. The van der Waals surface area contributed by atoms with E-state index in [0.29, 0.717) is 0 Å². The minimum Gasteiger partial charge on any atom is -0.482 e. The standard InChI is InChI=1S/C28H36N2O2/c1-7-30(8-2)27(31)23-11-9-22(10-12-23)25-21(6)28(13-15-29-16-14-28)32-26-20(5)19(4)18(3)17-24(25)26/h9-12,17,29H,7-8,13-16H2,1-6H3. The highest BCUT2D eigenvalue weighted by atomic mass is 16.5. The molecule has 1 fully saturated rings. The molecule has 2 heterocycles. The number of nitrogens with zero attached hydrogens (tertiary/aromatic N) is 1. The Balaban J connectivity index is 1.86. The van der Waals surface area contributed by atoms with Gasteiger partial charge in [0.05, 0.1) is 0 Å². The normalized spacial score (nSPS) is 17.2. The van der Waals surface area contributed by atoms with Gasteiger partial charge in [-0.25, -0.2) is 0 Å². The van der Waals surface area contributed by atoms with Crippen molar-refractivity contribution in [1.29, 1.82) is 0 Å². The minimum atomic E-state index is -0.268. The highest BCUT2D eigenvalue weighted by Gasteiger charge is 2.42. The maximum atomic E-state index is 12.8. The van der Waals surface area contributed by atoms with Gasteiger partial charge in [-0.15, -0.1) is 0 Å². The second-order valence-corrected chi connectivity index (χ2v) is 9.22. The van der Waals surface area contributed by atoms with Gasteiger partial charge in [-0.05, 0) is 106 Å². The topological polar surface area (TPSA) is 41.6 Å². The van der Waals surface area contributed by atoms with E-state index in [4.69, 9.17) is 4.74 Å². The summed E-state index contributed by atoms with van der Waals surface area (Å²) in [5, 5.41) is 3.49. The summed E-state index contributed by atoms with van der Waals surface area (Å²) in [5.41, 5.74) is 9.19. The number of ether oxygens (including phenoxy) is 1. The Morgan fingerprint density at radius 1 is 1.00 bits per heavy atom. The molecule has 0 aliphatic carbocycles. The molecule has 2 aliphatic heterocycles. The summed E-state index contributed by atoms with van der Waals surface area (Å²) in [6, 6.07) is 10.5. The number of aryl methyl sites for hydroxylation is 1. The predicted octanol–water partition coefficient (Wildman–Crippen LogP) is 5.43. The van der Waals surface area contributed by atoms with Crippen LogP contribution in [0.15, 0.2) is 35.9 Å². The van der Waals surface area contributed by atoms with Crippen molar-refractivity contribution in [1.82, 2.24) is 10.2 Å². The predicted molar refractivity (Wildman–Crippen MR) is 132 cm³/mol. The number of hydrogen-bond acceptors (Lipinski definition) is 3. The van der Waals surface area contributed by atoms with E-state index in [0.717, 1.165) is 55.9 Å². The van der Waals surface area contributed by atoms with Crippen molar-refractivity contribution >= 4 is 11.5 Å². The van der Waals surface area contributed by atoms with Crippen molar-refractivity contribution in [2.75, 3.05) is 26.2 Å². The van der Waals surface area contributed by atoms with Crippen molar-refractivity contribution in [2.45, 2.75) is 60.0 Å². The van der Waals surface area contributed by atoms with Gasteiger partial charge < -0.3 is 15.0 Å². The third kappa shape index (κ3) is 3.65. The highest BCUT2D eigenvalue weighted by Crippen LogP contribution is 2.49. The summed E-state index contributed by atoms with van der Waals surface area (Å²) >= 11 is 0. The van der Waals surface area contributed by atoms with Gasteiger partial charge in [0.25, 0.3) is 5.91 Å². The van der Waals surface area contributed by atoms with E-state index in [-0.39, 0.29) is 11.5 Å². The smallest absolute Gasteiger partial charge is 0.253 e. The van der Waals surface area contributed by atoms with Crippen LogP contribution < -0.4 is 10.1 Å². The first-order valence-electron chi connectivity index (χ1n) is 11.9. The van der Waals surface area contributed by atoms with Crippen LogP contribution in [0.4, 0.5) is 0 Å². The van der Waals surface area contributed by atoms with E-state index >= 15 is 0 Å². The van der Waals surface area contributed by atoms with Crippen molar-refractivity contribution < 1.29 is 9.53 Å². The van der Waals surface area contributed by atoms with E-state index in [1.807, 2.05) is 30.9 Å². The van der Waals surface area contributed by atoms with Gasteiger partial charge in [0.2, 0.25) is 0 Å². The van der Waals surface area contributed by atoms with Gasteiger partial charge >= 0.3 is 0 Å². The van der Waals surface area contributed by atoms with Crippen LogP contribution in [0, 0.1) is 20.8 Å². The number of amides is 1. The van der Waals surface area contributed by atoms with Gasteiger partial charge in [-0.3, -0.25) is 4.79 Å². The molecule has 4 nitrogen and oxygen atoms in total. The Bertz CT molecular complexity index is 1060. The third-order valence-electron chi connectivity index (χ3n) is 7.61. The third-order valence-corrected chi connectivity index (χ3v) is 7.61. The van der Waals surface area contributed by atoms with E-state index < -0.39 is 0 Å². The van der Waals surface area contributed by atoms with E-state index in [1.165, 1.54) is 33.4 Å². The van der Waals surface area contributed by atoms with E-state index in [2.05, 4.69) is 51.2 Å². The maximum absolute atomic E-state index is 12.8. The summed E-state index contributed by atoms with van der Waals surface area (Å²) in [6.45, 7) is 16.2. The van der Waals surface area contributed by atoms with Crippen molar-refractivity contribution in [3.05, 3.63) is 69.3 Å². The first-order chi connectivity index (χ1) is 15.3. The number of piperidine rings is 1. The number of hydrogen-bond donors (Lipinski definition) is 1. The van der Waals surface area contributed by atoms with Gasteiger partial charge in [0.15, 0.2) is 0 Å². The fraction of sp³-hybridized carbons (Fsp3) is 0.464. The summed E-state index contributed by atoms with van der Waals surface area (Å²) < 4.78 is 6.85. The largest absolute Gasteiger partial charge is 0.482 e. The molecule has 4 rings (SSSR count). The molecule has 1 amide bonds. The molecular weight excluding hydrogens is 396 g/mol. The monoisotopic (exact) mass is 432 g/mol. The lowest BCUT2D eigenvalue weighted by Gasteiger charge is -2.44. The Morgan fingerprint density at radius 2 is 1.62 bits per heavy atom. The van der Waals surface area contributed by atoms with Crippen molar-refractivity contribution in [3.63, 3.8) is 0 Å². The Hall–Kier alpha value is -2.59. The first-order valence-corrected chi connectivity index (χ1v) is 11.9. The number of carbonyl (C=O) groups excluding carboxylic acids is 1. The van der Waals surface area contributed by atoms with Gasteiger partial charge in [-0.1, -0.05) is 12.1 Å². The van der Waals surface area contributed by atoms with Crippen LogP contribution in [0.2, 0.25) is 0 Å². The molecule has 0 atom stereocenters. The molecule has 2 aromatic rings. The average molecular weight is 433 g/mol. The Morgan fingerprint density at radius 3 is 2.22 bits per heavy atom. The molecule has 0 radical (unpaired) electrons. The SMILES string of the molecule is CCN(CC)C(=O)c1ccc(C2=C(C)C3(CCNCC3)Oc3c2cc(C)c(C)c3C)cc1. The molecule has 0 saturated carbocycles. The summed E-state index contributed by atoms with van der Waals surface area (Å²) in [6.07, 6.45) is 1.93. The number of fused-ring (bicyclic) bond motifs is 1. The highest BCUT2D eigenvalue weighted by molar-refractivity contribution is 5.95. The zero-order valence-corrected chi connectivity index (χ0v) is 20.4. The van der Waals surface area contributed by atoms with Gasteiger partial charge in [-0.2, -0.15) is 0 Å². The molecule has 1 saturated heterocycles. The minimum absolute atomic E-state index is 0.0942. The molecule has 2 aliphatic rings. The zero-order chi connectivity index (χ0) is 23.0. The lowest BCUT2D eigenvalue weighted by atomic mass is 9.76. The van der Waals surface area contributed by atoms with E-state index in [1.54, 1.807) is 0 Å². The van der Waals surface area contributed by atoms with Crippen molar-refractivity contribution in [2.24, 2.45) is 0 Å².